The summed E-state index contributed by atoms with van der Waals surface area (Å²) in [7, 11) is 0. The molecule has 0 aliphatic heterocycles. The maximum Gasteiger partial charge on any atom is 0.273 e. The molecule has 1 fully saturated rings. The van der Waals surface area contributed by atoms with Gasteiger partial charge in [-0.3, -0.25) is 0 Å². The molecule has 0 heterocycles. The second-order valence-electron chi connectivity index (χ2n) is 3.08. The molecule has 0 aromatic heterocycles. The van der Waals surface area contributed by atoms with Gasteiger partial charge in [-0.15, -0.1) is 0 Å². The highest BCUT2D eigenvalue weighted by Crippen LogP contribution is 2.36. The van der Waals surface area contributed by atoms with Crippen LogP contribution in [0.15, 0.2) is 0 Å². The summed E-state index contributed by atoms with van der Waals surface area (Å²) in [5.74, 6) is -3.08. The highest BCUT2D eigenvalue weighted by atomic mass is 19.3. The van der Waals surface area contributed by atoms with Crippen molar-refractivity contribution in [2.24, 2.45) is 5.92 Å². The molecular weight excluding hydrogens is 138 g/mol. The largest absolute Gasteiger partial charge is 0.387 e. The molecule has 0 amide bonds. The van der Waals surface area contributed by atoms with E-state index in [0.29, 0.717) is 6.42 Å². The van der Waals surface area contributed by atoms with E-state index in [9.17, 15) is 8.78 Å². The molecule has 0 bridgehead atoms. The first kappa shape index (κ1) is 7.92. The molecular formula is C7H12F2O. The number of alkyl halides is 2. The van der Waals surface area contributed by atoms with E-state index in [2.05, 4.69) is 0 Å². The van der Waals surface area contributed by atoms with Crippen LogP contribution < -0.4 is 0 Å². The van der Waals surface area contributed by atoms with Gasteiger partial charge in [0.15, 0.2) is 0 Å². The van der Waals surface area contributed by atoms with Crippen LogP contribution in [0.4, 0.5) is 8.78 Å². The van der Waals surface area contributed by atoms with Crippen molar-refractivity contribution in [3.8, 4) is 0 Å². The predicted octanol–water partition coefficient (Wildman–Crippen LogP) is 1.80. The third-order valence-electron chi connectivity index (χ3n) is 2.14. The Morgan fingerprint density at radius 2 is 2.10 bits per heavy atom. The molecule has 1 rings (SSSR count). The van der Waals surface area contributed by atoms with E-state index in [0.717, 1.165) is 6.42 Å². The molecule has 1 aliphatic carbocycles. The predicted molar refractivity (Wildman–Crippen MR) is 34.0 cm³/mol. The monoisotopic (exact) mass is 150 g/mol. The standard InChI is InChI=1S/C7H12F2O/c1-5-3-2-4-7(8,9)6(5)10/h5-6,10H,2-4H2,1H3/t5-,6+/m0/s1. The molecule has 0 unspecified atom stereocenters. The van der Waals surface area contributed by atoms with Crippen molar-refractivity contribution in [2.75, 3.05) is 0 Å². The molecule has 1 nitrogen and oxygen atoms in total. The van der Waals surface area contributed by atoms with Gasteiger partial charge in [-0.2, -0.15) is 0 Å². The lowest BCUT2D eigenvalue weighted by atomic mass is 9.85. The molecule has 0 saturated heterocycles. The lowest BCUT2D eigenvalue weighted by molar-refractivity contribution is -0.151. The number of aliphatic hydroxyl groups excluding tert-OH is 1. The Bertz CT molecular complexity index is 125. The summed E-state index contributed by atoms with van der Waals surface area (Å²) < 4.78 is 25.2. The zero-order valence-corrected chi connectivity index (χ0v) is 5.98. The van der Waals surface area contributed by atoms with Gasteiger partial charge < -0.3 is 5.11 Å². The Balaban J connectivity index is 2.60. The fourth-order valence-corrected chi connectivity index (χ4v) is 1.38. The number of hydrogen-bond acceptors (Lipinski definition) is 1. The van der Waals surface area contributed by atoms with E-state index in [1.54, 1.807) is 6.92 Å². The van der Waals surface area contributed by atoms with Crippen LogP contribution in [-0.4, -0.2) is 17.1 Å². The summed E-state index contributed by atoms with van der Waals surface area (Å²) in [5.41, 5.74) is 0. The zero-order chi connectivity index (χ0) is 7.78. The zero-order valence-electron chi connectivity index (χ0n) is 5.98. The quantitative estimate of drug-likeness (QED) is 0.558. The van der Waals surface area contributed by atoms with Gasteiger partial charge in [-0.05, 0) is 18.8 Å². The Hall–Kier alpha value is -0.180. The Morgan fingerprint density at radius 1 is 1.50 bits per heavy atom. The molecule has 0 spiro atoms. The second kappa shape index (κ2) is 2.46. The number of rotatable bonds is 0. The van der Waals surface area contributed by atoms with Crippen LogP contribution in [0, 0.1) is 5.92 Å². The average Bonchev–Trinajstić information content (AvgIpc) is 1.83. The van der Waals surface area contributed by atoms with Gasteiger partial charge in [-0.1, -0.05) is 6.92 Å². The highest BCUT2D eigenvalue weighted by Gasteiger charge is 2.43. The van der Waals surface area contributed by atoms with Crippen molar-refractivity contribution in [3.63, 3.8) is 0 Å². The van der Waals surface area contributed by atoms with Gasteiger partial charge in [0.05, 0.1) is 0 Å². The number of halogens is 2. The molecule has 60 valence electrons. The van der Waals surface area contributed by atoms with Crippen molar-refractivity contribution in [1.29, 1.82) is 0 Å². The SMILES string of the molecule is C[C@H]1CCCC(F)(F)[C@@H]1O. The van der Waals surface area contributed by atoms with Crippen LogP contribution in [0.25, 0.3) is 0 Å². The number of aliphatic hydroxyl groups is 1. The molecule has 10 heavy (non-hydrogen) atoms. The topological polar surface area (TPSA) is 20.2 Å². The molecule has 1 aliphatic rings. The van der Waals surface area contributed by atoms with Crippen molar-refractivity contribution in [2.45, 2.75) is 38.2 Å². The van der Waals surface area contributed by atoms with Crippen LogP contribution >= 0.6 is 0 Å². The van der Waals surface area contributed by atoms with Crippen LogP contribution in [0.2, 0.25) is 0 Å². The lowest BCUT2D eigenvalue weighted by Gasteiger charge is -2.32. The Labute approximate surface area is 59.0 Å². The summed E-state index contributed by atoms with van der Waals surface area (Å²) in [5, 5.41) is 8.96. The van der Waals surface area contributed by atoms with Crippen molar-refractivity contribution in [3.05, 3.63) is 0 Å². The van der Waals surface area contributed by atoms with Crippen LogP contribution in [0.1, 0.15) is 26.2 Å². The minimum absolute atomic E-state index is 0.154. The van der Waals surface area contributed by atoms with E-state index < -0.39 is 12.0 Å². The summed E-state index contributed by atoms with van der Waals surface area (Å²) in [4.78, 5) is 0. The average molecular weight is 150 g/mol. The Morgan fingerprint density at radius 3 is 2.50 bits per heavy atom. The van der Waals surface area contributed by atoms with E-state index >= 15 is 0 Å². The molecule has 0 radical (unpaired) electrons. The van der Waals surface area contributed by atoms with Crippen LogP contribution in [0.3, 0.4) is 0 Å². The Kier molecular flexibility index (Phi) is 1.95. The van der Waals surface area contributed by atoms with Crippen LogP contribution in [-0.2, 0) is 0 Å². The minimum atomic E-state index is -2.84. The smallest absolute Gasteiger partial charge is 0.273 e. The first-order valence-electron chi connectivity index (χ1n) is 3.60. The molecule has 3 heteroatoms. The van der Waals surface area contributed by atoms with E-state index in [-0.39, 0.29) is 12.3 Å². The van der Waals surface area contributed by atoms with Gasteiger partial charge in [0, 0.05) is 6.42 Å². The second-order valence-corrected chi connectivity index (χ2v) is 3.08. The van der Waals surface area contributed by atoms with E-state index in [1.165, 1.54) is 0 Å². The first-order valence-corrected chi connectivity index (χ1v) is 3.60. The maximum absolute atomic E-state index is 12.6. The van der Waals surface area contributed by atoms with Gasteiger partial charge >= 0.3 is 0 Å². The van der Waals surface area contributed by atoms with Crippen molar-refractivity contribution in [1.82, 2.24) is 0 Å². The normalized spacial score (nSPS) is 39.6. The summed E-state index contributed by atoms with van der Waals surface area (Å²) in [6.07, 6.45) is -0.318. The first-order chi connectivity index (χ1) is 4.54. The fraction of sp³-hybridized carbons (Fsp3) is 1.00. The summed E-state index contributed by atoms with van der Waals surface area (Å²) in [6, 6.07) is 0. The fourth-order valence-electron chi connectivity index (χ4n) is 1.38. The molecule has 1 N–H and O–H groups in total. The molecule has 2 atom stereocenters. The minimum Gasteiger partial charge on any atom is -0.387 e. The van der Waals surface area contributed by atoms with Gasteiger partial charge in [0.2, 0.25) is 0 Å². The van der Waals surface area contributed by atoms with Gasteiger partial charge in [0.25, 0.3) is 5.92 Å². The lowest BCUT2D eigenvalue weighted by Crippen LogP contribution is -2.41. The molecule has 1 saturated carbocycles. The molecule has 0 aromatic carbocycles. The van der Waals surface area contributed by atoms with Crippen LogP contribution in [0.5, 0.6) is 0 Å². The van der Waals surface area contributed by atoms with Gasteiger partial charge in [0.1, 0.15) is 6.10 Å². The third-order valence-corrected chi connectivity index (χ3v) is 2.14. The van der Waals surface area contributed by atoms with Crippen molar-refractivity contribution >= 4 is 0 Å². The van der Waals surface area contributed by atoms with E-state index in [4.69, 9.17) is 5.11 Å². The van der Waals surface area contributed by atoms with Gasteiger partial charge in [-0.25, -0.2) is 8.78 Å². The highest BCUT2D eigenvalue weighted by molar-refractivity contribution is 4.85. The molecule has 0 aromatic rings. The van der Waals surface area contributed by atoms with Crippen molar-refractivity contribution < 1.29 is 13.9 Å². The summed E-state index contributed by atoms with van der Waals surface area (Å²) in [6.45, 7) is 1.66. The van der Waals surface area contributed by atoms with E-state index in [1.807, 2.05) is 0 Å². The third kappa shape index (κ3) is 1.29. The maximum atomic E-state index is 12.6. The number of hydrogen-bond donors (Lipinski definition) is 1. The summed E-state index contributed by atoms with van der Waals surface area (Å²) >= 11 is 0.